The summed E-state index contributed by atoms with van der Waals surface area (Å²) in [6.07, 6.45) is 0. The molecule has 1 rings (SSSR count). The van der Waals surface area contributed by atoms with Crippen LogP contribution in [0.3, 0.4) is 0 Å². The van der Waals surface area contributed by atoms with Gasteiger partial charge in [0.25, 0.3) is 0 Å². The first-order valence-electron chi connectivity index (χ1n) is 4.91. The van der Waals surface area contributed by atoms with Crippen molar-refractivity contribution in [2.75, 3.05) is 0 Å². The minimum Gasteiger partial charge on any atom is -0.352 e. The second kappa shape index (κ2) is 5.40. The highest BCUT2D eigenvalue weighted by molar-refractivity contribution is 6.30. The van der Waals surface area contributed by atoms with Gasteiger partial charge in [0.15, 0.2) is 11.6 Å². The van der Waals surface area contributed by atoms with Gasteiger partial charge in [-0.15, -0.1) is 11.6 Å². The van der Waals surface area contributed by atoms with Gasteiger partial charge < -0.3 is 5.32 Å². The lowest BCUT2D eigenvalue weighted by Gasteiger charge is -2.14. The number of benzene rings is 1. The predicted molar refractivity (Wildman–Crippen MR) is 58.2 cm³/mol. The summed E-state index contributed by atoms with van der Waals surface area (Å²) >= 11 is 5.69. The summed E-state index contributed by atoms with van der Waals surface area (Å²) in [5.41, 5.74) is -0.385. The topological polar surface area (TPSA) is 29.1 Å². The van der Waals surface area contributed by atoms with Gasteiger partial charge >= 0.3 is 0 Å². The van der Waals surface area contributed by atoms with Crippen molar-refractivity contribution in [3.05, 3.63) is 35.1 Å². The maximum absolute atomic E-state index is 13.3. The van der Waals surface area contributed by atoms with Gasteiger partial charge in [-0.2, -0.15) is 0 Å². The summed E-state index contributed by atoms with van der Waals surface area (Å²) in [5.74, 6) is -4.28. The van der Waals surface area contributed by atoms with Crippen LogP contribution in [0, 0.1) is 17.5 Å². The zero-order valence-corrected chi connectivity index (χ0v) is 9.99. The van der Waals surface area contributed by atoms with E-state index < -0.39 is 28.7 Å². The van der Waals surface area contributed by atoms with Crippen LogP contribution in [0.4, 0.5) is 13.2 Å². The van der Waals surface area contributed by atoms with E-state index in [9.17, 15) is 18.0 Å². The zero-order valence-electron chi connectivity index (χ0n) is 9.23. The number of halogens is 4. The van der Waals surface area contributed by atoms with Crippen LogP contribution < -0.4 is 5.32 Å². The van der Waals surface area contributed by atoms with Crippen LogP contribution in [0.2, 0.25) is 0 Å². The molecular formula is C11H11ClF3NO. The Morgan fingerprint density at radius 2 is 1.71 bits per heavy atom. The van der Waals surface area contributed by atoms with Gasteiger partial charge in [0.2, 0.25) is 5.91 Å². The van der Waals surface area contributed by atoms with E-state index in [1.807, 2.05) is 0 Å². The van der Waals surface area contributed by atoms with E-state index >= 15 is 0 Å². The fourth-order valence-corrected chi connectivity index (χ4v) is 1.46. The predicted octanol–water partition coefficient (Wildman–Crippen LogP) is 2.91. The van der Waals surface area contributed by atoms with Crippen molar-refractivity contribution in [2.24, 2.45) is 0 Å². The Balaban J connectivity index is 3.00. The maximum atomic E-state index is 13.3. The molecule has 94 valence electrons. The van der Waals surface area contributed by atoms with Crippen LogP contribution in [0.15, 0.2) is 12.1 Å². The lowest BCUT2D eigenvalue weighted by molar-refractivity contribution is -0.121. The Morgan fingerprint density at radius 1 is 1.18 bits per heavy atom. The van der Waals surface area contributed by atoms with Gasteiger partial charge in [0.1, 0.15) is 11.2 Å². The Morgan fingerprint density at radius 3 is 2.24 bits per heavy atom. The first kappa shape index (κ1) is 13.8. The normalized spacial score (nSPS) is 12.6. The molecule has 0 saturated carbocycles. The number of hydrogen-bond acceptors (Lipinski definition) is 1. The Labute approximate surface area is 102 Å². The van der Waals surface area contributed by atoms with Crippen molar-refractivity contribution in [2.45, 2.75) is 25.3 Å². The molecule has 0 aliphatic rings. The Hall–Kier alpha value is -1.23. The molecule has 1 unspecified atom stereocenters. The SMILES string of the molecule is CC(C)NC(=O)C(Cl)c1cc(F)c(F)cc1F. The zero-order chi connectivity index (χ0) is 13.2. The standard InChI is InChI=1S/C11H11ClF3NO/c1-5(2)16-11(17)10(12)6-3-8(14)9(15)4-7(6)13/h3-5,10H,1-2H3,(H,16,17). The molecule has 6 heteroatoms. The van der Waals surface area contributed by atoms with Crippen LogP contribution in [0.5, 0.6) is 0 Å². The van der Waals surface area contributed by atoms with Crippen molar-refractivity contribution >= 4 is 17.5 Å². The molecule has 0 heterocycles. The number of carbonyl (C=O) groups excluding carboxylic acids is 1. The van der Waals surface area contributed by atoms with Gasteiger partial charge in [-0.3, -0.25) is 4.79 Å². The van der Waals surface area contributed by atoms with Crippen molar-refractivity contribution in [3.8, 4) is 0 Å². The molecule has 0 radical (unpaired) electrons. The summed E-state index contributed by atoms with van der Waals surface area (Å²) in [7, 11) is 0. The fourth-order valence-electron chi connectivity index (χ4n) is 1.23. The highest BCUT2D eigenvalue weighted by Crippen LogP contribution is 2.25. The van der Waals surface area contributed by atoms with Gasteiger partial charge in [0, 0.05) is 17.7 Å². The van der Waals surface area contributed by atoms with Gasteiger partial charge in [-0.25, -0.2) is 13.2 Å². The van der Waals surface area contributed by atoms with Crippen LogP contribution in [0.1, 0.15) is 24.8 Å². The Kier molecular flexibility index (Phi) is 4.40. The van der Waals surface area contributed by atoms with E-state index in [1.165, 1.54) is 0 Å². The molecule has 1 amide bonds. The number of amides is 1. The third kappa shape index (κ3) is 3.36. The van der Waals surface area contributed by atoms with Gasteiger partial charge in [-0.05, 0) is 19.9 Å². The minimum atomic E-state index is -1.40. The third-order valence-corrected chi connectivity index (χ3v) is 2.41. The largest absolute Gasteiger partial charge is 0.352 e. The molecule has 0 saturated heterocycles. The number of rotatable bonds is 3. The van der Waals surface area contributed by atoms with Crippen LogP contribution in [-0.4, -0.2) is 11.9 Å². The second-order valence-electron chi connectivity index (χ2n) is 3.81. The van der Waals surface area contributed by atoms with Crippen molar-refractivity contribution in [1.82, 2.24) is 5.32 Å². The first-order chi connectivity index (χ1) is 7.82. The molecule has 0 bridgehead atoms. The van der Waals surface area contributed by atoms with Crippen molar-refractivity contribution in [3.63, 3.8) is 0 Å². The third-order valence-electron chi connectivity index (χ3n) is 1.97. The number of carbonyl (C=O) groups is 1. The second-order valence-corrected chi connectivity index (χ2v) is 4.25. The highest BCUT2D eigenvalue weighted by Gasteiger charge is 2.23. The van der Waals surface area contributed by atoms with E-state index in [0.29, 0.717) is 12.1 Å². The molecule has 1 aromatic carbocycles. The van der Waals surface area contributed by atoms with Crippen LogP contribution in [-0.2, 0) is 4.79 Å². The minimum absolute atomic E-state index is 0.183. The fraction of sp³-hybridized carbons (Fsp3) is 0.364. The van der Waals surface area contributed by atoms with Gasteiger partial charge in [-0.1, -0.05) is 0 Å². The van der Waals surface area contributed by atoms with Crippen molar-refractivity contribution in [1.29, 1.82) is 0 Å². The summed E-state index contributed by atoms with van der Waals surface area (Å²) < 4.78 is 38.9. The number of nitrogens with one attached hydrogen (secondary N) is 1. The average molecular weight is 266 g/mol. The van der Waals surface area contributed by atoms with E-state index in [2.05, 4.69) is 5.32 Å². The van der Waals surface area contributed by atoms with E-state index in [4.69, 9.17) is 11.6 Å². The smallest absolute Gasteiger partial charge is 0.242 e. The molecule has 2 nitrogen and oxygen atoms in total. The quantitative estimate of drug-likeness (QED) is 0.661. The summed E-state index contributed by atoms with van der Waals surface area (Å²) in [6.45, 7) is 3.40. The molecule has 1 aromatic rings. The molecule has 0 fully saturated rings. The summed E-state index contributed by atoms with van der Waals surface area (Å²) in [6, 6.07) is 0.766. The molecular weight excluding hydrogens is 255 g/mol. The molecule has 0 aromatic heterocycles. The average Bonchev–Trinajstić information content (AvgIpc) is 2.21. The first-order valence-corrected chi connectivity index (χ1v) is 5.35. The van der Waals surface area contributed by atoms with E-state index in [1.54, 1.807) is 13.8 Å². The molecule has 0 aliphatic heterocycles. The summed E-state index contributed by atoms with van der Waals surface area (Å²) in [5, 5.41) is 1.05. The monoisotopic (exact) mass is 265 g/mol. The number of alkyl halides is 1. The van der Waals surface area contributed by atoms with Crippen LogP contribution in [0.25, 0.3) is 0 Å². The molecule has 17 heavy (non-hydrogen) atoms. The molecule has 1 atom stereocenters. The van der Waals surface area contributed by atoms with Crippen LogP contribution >= 0.6 is 11.6 Å². The lowest BCUT2D eigenvalue weighted by atomic mass is 10.1. The highest BCUT2D eigenvalue weighted by atomic mass is 35.5. The molecule has 0 aliphatic carbocycles. The van der Waals surface area contributed by atoms with Crippen molar-refractivity contribution < 1.29 is 18.0 Å². The lowest BCUT2D eigenvalue weighted by Crippen LogP contribution is -2.33. The van der Waals surface area contributed by atoms with E-state index in [-0.39, 0.29) is 11.6 Å². The molecule has 1 N–H and O–H groups in total. The van der Waals surface area contributed by atoms with Gasteiger partial charge in [0.05, 0.1) is 0 Å². The van der Waals surface area contributed by atoms with E-state index in [0.717, 1.165) is 0 Å². The summed E-state index contributed by atoms with van der Waals surface area (Å²) in [4.78, 5) is 11.5. The Bertz CT molecular complexity index is 437. The number of hydrogen-bond donors (Lipinski definition) is 1. The molecule has 0 spiro atoms. The maximum Gasteiger partial charge on any atom is 0.242 e.